The Kier molecular flexibility index (Phi) is 5.52. The molecule has 0 spiro atoms. The summed E-state index contributed by atoms with van der Waals surface area (Å²) in [7, 11) is 0. The largest absolute Gasteiger partial charge is 0.332 e. The van der Waals surface area contributed by atoms with Gasteiger partial charge in [-0.1, -0.05) is 72.8 Å². The molecule has 0 saturated heterocycles. The lowest BCUT2D eigenvalue weighted by atomic mass is 9.97. The van der Waals surface area contributed by atoms with E-state index < -0.39 is 0 Å². The van der Waals surface area contributed by atoms with E-state index in [9.17, 15) is 0 Å². The number of allylic oxidation sites excluding steroid dienone is 4. The first-order chi connectivity index (χ1) is 20.3. The molecule has 194 valence electrons. The maximum absolute atomic E-state index is 4.80. The van der Waals surface area contributed by atoms with Gasteiger partial charge >= 0.3 is 0 Å². The quantitative estimate of drug-likeness (QED) is 0.230. The smallest absolute Gasteiger partial charge is 0.0886 e. The lowest BCUT2D eigenvalue weighted by molar-refractivity contribution is 0.649. The zero-order valence-corrected chi connectivity index (χ0v) is 22.2. The van der Waals surface area contributed by atoms with E-state index >= 15 is 0 Å². The predicted molar refractivity (Wildman–Crippen MR) is 166 cm³/mol. The molecular weight excluding hydrogens is 502 g/mol. The zero-order valence-electron chi connectivity index (χ0n) is 22.2. The first-order valence-electron chi connectivity index (χ1n) is 13.8. The summed E-state index contributed by atoms with van der Waals surface area (Å²) < 4.78 is 2.42. The summed E-state index contributed by atoms with van der Waals surface area (Å²) in [6, 6.07) is 29.5. The maximum Gasteiger partial charge on any atom is 0.0886 e. The molecular formula is C36H25N5. The fraction of sp³-hybridized carbons (Fsp3) is 0.0556. The molecule has 0 fully saturated rings. The number of pyridine rings is 4. The molecule has 0 saturated carbocycles. The summed E-state index contributed by atoms with van der Waals surface area (Å²) in [6.07, 6.45) is 17.3. The van der Waals surface area contributed by atoms with Gasteiger partial charge < -0.3 is 4.57 Å². The number of para-hydroxylation sites is 2. The van der Waals surface area contributed by atoms with Gasteiger partial charge in [0.05, 0.1) is 34.7 Å². The SMILES string of the molecule is C1=CC(c2ccc(-c3ccc(-c4cccc5cccnc45)cn3)nc2)=CC(n2c3ccccc3c3ccncc32)C1. The summed E-state index contributed by atoms with van der Waals surface area (Å²) in [5, 5.41) is 3.62. The third kappa shape index (κ3) is 4.02. The number of fused-ring (bicyclic) bond motifs is 4. The van der Waals surface area contributed by atoms with Crippen LogP contribution in [0.3, 0.4) is 0 Å². The highest BCUT2D eigenvalue weighted by Gasteiger charge is 2.19. The molecule has 1 aliphatic rings. The van der Waals surface area contributed by atoms with Crippen molar-refractivity contribution < 1.29 is 0 Å². The van der Waals surface area contributed by atoms with Crippen molar-refractivity contribution in [2.24, 2.45) is 0 Å². The second-order valence-electron chi connectivity index (χ2n) is 10.4. The number of rotatable bonds is 4. The molecule has 5 nitrogen and oxygen atoms in total. The van der Waals surface area contributed by atoms with Crippen LogP contribution in [-0.4, -0.2) is 24.5 Å². The first kappa shape index (κ1) is 23.5. The van der Waals surface area contributed by atoms with Gasteiger partial charge in [-0.2, -0.15) is 0 Å². The molecule has 8 rings (SSSR count). The molecule has 7 aromatic rings. The van der Waals surface area contributed by atoms with Gasteiger partial charge in [-0.25, -0.2) is 0 Å². The Morgan fingerprint density at radius 1 is 0.634 bits per heavy atom. The summed E-state index contributed by atoms with van der Waals surface area (Å²) in [5.41, 5.74) is 9.44. The van der Waals surface area contributed by atoms with E-state index in [0.717, 1.165) is 50.9 Å². The van der Waals surface area contributed by atoms with Crippen LogP contribution >= 0.6 is 0 Å². The average molecular weight is 528 g/mol. The number of benzene rings is 2. The number of hydrogen-bond donors (Lipinski definition) is 0. The van der Waals surface area contributed by atoms with Gasteiger partial charge in [0.25, 0.3) is 0 Å². The van der Waals surface area contributed by atoms with E-state index in [1.807, 2.05) is 43.1 Å². The normalized spacial score (nSPS) is 15.0. The van der Waals surface area contributed by atoms with Gasteiger partial charge in [-0.05, 0) is 47.9 Å². The van der Waals surface area contributed by atoms with Crippen LogP contribution < -0.4 is 0 Å². The molecule has 1 aliphatic carbocycles. The summed E-state index contributed by atoms with van der Waals surface area (Å²) in [6.45, 7) is 0. The molecule has 5 heterocycles. The molecule has 0 bridgehead atoms. The van der Waals surface area contributed by atoms with Crippen LogP contribution in [0.4, 0.5) is 0 Å². The number of hydrogen-bond acceptors (Lipinski definition) is 4. The minimum atomic E-state index is 0.194. The van der Waals surface area contributed by atoms with Gasteiger partial charge in [0.2, 0.25) is 0 Å². The topological polar surface area (TPSA) is 56.5 Å². The monoisotopic (exact) mass is 527 g/mol. The molecule has 1 unspecified atom stereocenters. The van der Waals surface area contributed by atoms with Gasteiger partial charge in [0.15, 0.2) is 0 Å². The Hall–Kier alpha value is -5.42. The van der Waals surface area contributed by atoms with E-state index in [-0.39, 0.29) is 6.04 Å². The Morgan fingerprint density at radius 2 is 1.44 bits per heavy atom. The number of nitrogens with zero attached hydrogens (tertiary/aromatic N) is 5. The molecule has 0 aliphatic heterocycles. The molecule has 5 aromatic heterocycles. The highest BCUT2D eigenvalue weighted by molar-refractivity contribution is 6.08. The van der Waals surface area contributed by atoms with Gasteiger partial charge in [-0.15, -0.1) is 0 Å². The molecule has 41 heavy (non-hydrogen) atoms. The second-order valence-corrected chi connectivity index (χ2v) is 10.4. The Morgan fingerprint density at radius 3 is 2.29 bits per heavy atom. The highest BCUT2D eigenvalue weighted by atomic mass is 15.0. The van der Waals surface area contributed by atoms with Crippen molar-refractivity contribution in [2.75, 3.05) is 0 Å². The minimum absolute atomic E-state index is 0.194. The Balaban J connectivity index is 1.10. The van der Waals surface area contributed by atoms with E-state index in [4.69, 9.17) is 9.97 Å². The third-order valence-corrected chi connectivity index (χ3v) is 7.96. The van der Waals surface area contributed by atoms with E-state index in [2.05, 4.69) is 106 Å². The molecule has 2 aromatic carbocycles. The molecule has 0 amide bonds. The van der Waals surface area contributed by atoms with Crippen molar-refractivity contribution in [1.29, 1.82) is 0 Å². The summed E-state index contributed by atoms with van der Waals surface area (Å²) in [4.78, 5) is 18.6. The third-order valence-electron chi connectivity index (χ3n) is 7.96. The second kappa shape index (κ2) is 9.65. The first-order valence-corrected chi connectivity index (χ1v) is 13.8. The fourth-order valence-electron chi connectivity index (χ4n) is 6.00. The van der Waals surface area contributed by atoms with E-state index in [1.54, 1.807) is 0 Å². The average Bonchev–Trinajstić information content (AvgIpc) is 3.39. The van der Waals surface area contributed by atoms with Crippen molar-refractivity contribution in [2.45, 2.75) is 12.5 Å². The van der Waals surface area contributed by atoms with E-state index in [1.165, 1.54) is 21.9 Å². The van der Waals surface area contributed by atoms with Crippen molar-refractivity contribution in [3.8, 4) is 22.5 Å². The maximum atomic E-state index is 4.80. The number of aromatic nitrogens is 5. The standard InChI is InChI=1S/C36H25N5/c1-2-12-34-30(10-1)31-17-19-37-23-35(31)41(34)28-9-3-7-25(20-28)26-13-15-32(39-21-26)33-16-14-27(22-40-33)29-11-4-6-24-8-5-18-38-36(24)29/h1-8,10-23,28H,9H2. The fourth-order valence-corrected chi connectivity index (χ4v) is 6.00. The van der Waals surface area contributed by atoms with Crippen LogP contribution in [0.15, 0.2) is 134 Å². The molecule has 1 atom stereocenters. The molecule has 0 N–H and O–H groups in total. The lowest BCUT2D eigenvalue weighted by Gasteiger charge is -2.21. The van der Waals surface area contributed by atoms with Crippen molar-refractivity contribution in [3.63, 3.8) is 0 Å². The minimum Gasteiger partial charge on any atom is -0.332 e. The lowest BCUT2D eigenvalue weighted by Crippen LogP contribution is -2.08. The van der Waals surface area contributed by atoms with Gasteiger partial charge in [0, 0.05) is 57.6 Å². The zero-order chi connectivity index (χ0) is 27.2. The van der Waals surface area contributed by atoms with E-state index in [0.29, 0.717) is 0 Å². The van der Waals surface area contributed by atoms with Crippen molar-refractivity contribution in [1.82, 2.24) is 24.5 Å². The Labute approximate surface area is 237 Å². The summed E-state index contributed by atoms with van der Waals surface area (Å²) >= 11 is 0. The van der Waals surface area contributed by atoms with Gasteiger partial charge in [0.1, 0.15) is 0 Å². The van der Waals surface area contributed by atoms with Crippen LogP contribution in [0.1, 0.15) is 18.0 Å². The van der Waals surface area contributed by atoms with Crippen LogP contribution in [0, 0.1) is 0 Å². The van der Waals surface area contributed by atoms with Crippen LogP contribution in [-0.2, 0) is 0 Å². The van der Waals surface area contributed by atoms with Crippen molar-refractivity contribution in [3.05, 3.63) is 140 Å². The van der Waals surface area contributed by atoms with Gasteiger partial charge in [-0.3, -0.25) is 19.9 Å². The molecule has 5 heteroatoms. The summed E-state index contributed by atoms with van der Waals surface area (Å²) in [5.74, 6) is 0. The van der Waals surface area contributed by atoms with Crippen LogP contribution in [0.25, 0.3) is 60.8 Å². The van der Waals surface area contributed by atoms with Crippen LogP contribution in [0.5, 0.6) is 0 Å². The predicted octanol–water partition coefficient (Wildman–Crippen LogP) is 8.45. The Bertz CT molecular complexity index is 2060. The molecule has 0 radical (unpaired) electrons. The van der Waals surface area contributed by atoms with Crippen LogP contribution in [0.2, 0.25) is 0 Å². The van der Waals surface area contributed by atoms with Crippen molar-refractivity contribution >= 4 is 38.3 Å². The highest BCUT2D eigenvalue weighted by Crippen LogP contribution is 2.36.